The molecule has 17 heavy (non-hydrogen) atoms. The van der Waals surface area contributed by atoms with Gasteiger partial charge >= 0.3 is 0 Å². The van der Waals surface area contributed by atoms with E-state index in [-0.39, 0.29) is 34.5 Å². The van der Waals surface area contributed by atoms with Crippen LogP contribution in [0.2, 0.25) is 0 Å². The van der Waals surface area contributed by atoms with Crippen molar-refractivity contribution >= 4 is 0 Å². The second-order valence-corrected chi connectivity index (χ2v) is 3.41. The van der Waals surface area contributed by atoms with Gasteiger partial charge in [-0.15, -0.1) is 0 Å². The molecule has 0 aliphatic heterocycles. The van der Waals surface area contributed by atoms with Crippen LogP contribution in [0.25, 0.3) is 0 Å². The van der Waals surface area contributed by atoms with E-state index >= 15 is 0 Å². The Morgan fingerprint density at radius 1 is 0.647 bits per heavy atom. The highest BCUT2D eigenvalue weighted by atomic mass is 16.5. The van der Waals surface area contributed by atoms with Crippen molar-refractivity contribution in [2.24, 2.45) is 0 Å². The van der Waals surface area contributed by atoms with Gasteiger partial charge in [0.1, 0.15) is 11.5 Å². The maximum absolute atomic E-state index is 9.48. The predicted octanol–water partition coefficient (Wildman–Crippen LogP) is 2.30. The Morgan fingerprint density at radius 2 is 1.29 bits per heavy atom. The summed E-state index contributed by atoms with van der Waals surface area (Å²) in [5.41, 5.74) is 0. The van der Waals surface area contributed by atoms with Crippen LogP contribution in [0.1, 0.15) is 0 Å². The van der Waals surface area contributed by atoms with Gasteiger partial charge in [-0.05, 0) is 24.3 Å². The molecule has 0 aliphatic rings. The SMILES string of the molecule is Oc1ccc(Oc2cc(O)ccc2O)c(O)c1. The minimum absolute atomic E-state index is 0.00555. The molecule has 5 heteroatoms. The van der Waals surface area contributed by atoms with Gasteiger partial charge in [0.2, 0.25) is 0 Å². The normalized spacial score (nSPS) is 10.1. The van der Waals surface area contributed by atoms with Crippen molar-refractivity contribution in [2.45, 2.75) is 0 Å². The van der Waals surface area contributed by atoms with Crippen LogP contribution in [0.4, 0.5) is 0 Å². The number of ether oxygens (including phenoxy) is 1. The summed E-state index contributed by atoms with van der Waals surface area (Å²) in [5, 5.41) is 37.3. The molecule has 0 amide bonds. The molecule has 2 aromatic rings. The first-order chi connectivity index (χ1) is 8.06. The summed E-state index contributed by atoms with van der Waals surface area (Å²) in [6.07, 6.45) is 0. The predicted molar refractivity (Wildman–Crippen MR) is 59.6 cm³/mol. The molecule has 0 atom stereocenters. The van der Waals surface area contributed by atoms with Gasteiger partial charge in [-0.25, -0.2) is 0 Å². The molecule has 0 spiro atoms. The number of hydrogen-bond acceptors (Lipinski definition) is 5. The van der Waals surface area contributed by atoms with Crippen LogP contribution < -0.4 is 4.74 Å². The number of phenolic OH excluding ortho intramolecular Hbond substituents is 4. The lowest BCUT2D eigenvalue weighted by Gasteiger charge is -2.09. The molecule has 4 N–H and O–H groups in total. The molecule has 5 nitrogen and oxygen atoms in total. The van der Waals surface area contributed by atoms with E-state index in [1.807, 2.05) is 0 Å². The molecular weight excluding hydrogens is 224 g/mol. The van der Waals surface area contributed by atoms with E-state index < -0.39 is 0 Å². The maximum Gasteiger partial charge on any atom is 0.172 e. The van der Waals surface area contributed by atoms with E-state index in [9.17, 15) is 15.3 Å². The number of aromatic hydroxyl groups is 4. The third kappa shape index (κ3) is 2.34. The van der Waals surface area contributed by atoms with Crippen molar-refractivity contribution in [3.63, 3.8) is 0 Å². The third-order valence-electron chi connectivity index (χ3n) is 2.11. The van der Waals surface area contributed by atoms with Gasteiger partial charge in [-0.3, -0.25) is 0 Å². The largest absolute Gasteiger partial charge is 0.508 e. The number of benzene rings is 2. The standard InChI is InChI=1S/C12H10O5/c13-7-2-4-11(10(16)5-7)17-12-6-8(14)1-3-9(12)15/h1-6,13-16H. The van der Waals surface area contributed by atoms with Crippen LogP contribution in [0, 0.1) is 0 Å². The summed E-state index contributed by atoms with van der Waals surface area (Å²) in [7, 11) is 0. The van der Waals surface area contributed by atoms with E-state index in [1.165, 1.54) is 30.3 Å². The Balaban J connectivity index is 2.34. The first-order valence-electron chi connectivity index (χ1n) is 4.78. The number of rotatable bonds is 2. The van der Waals surface area contributed by atoms with Crippen LogP contribution >= 0.6 is 0 Å². The highest BCUT2D eigenvalue weighted by molar-refractivity contribution is 5.50. The molecule has 2 aromatic carbocycles. The molecule has 0 bridgehead atoms. The van der Waals surface area contributed by atoms with Crippen LogP contribution in [0.5, 0.6) is 34.5 Å². The van der Waals surface area contributed by atoms with Gasteiger partial charge in [-0.2, -0.15) is 0 Å². The second-order valence-electron chi connectivity index (χ2n) is 3.41. The van der Waals surface area contributed by atoms with Gasteiger partial charge in [0.25, 0.3) is 0 Å². The van der Waals surface area contributed by atoms with E-state index in [1.54, 1.807) is 0 Å². The smallest absolute Gasteiger partial charge is 0.172 e. The zero-order valence-corrected chi connectivity index (χ0v) is 8.66. The Labute approximate surface area is 96.8 Å². The van der Waals surface area contributed by atoms with Crippen molar-refractivity contribution in [2.75, 3.05) is 0 Å². The fourth-order valence-electron chi connectivity index (χ4n) is 1.30. The first-order valence-corrected chi connectivity index (χ1v) is 4.78. The molecule has 0 saturated heterocycles. The maximum atomic E-state index is 9.48. The van der Waals surface area contributed by atoms with E-state index in [2.05, 4.69) is 0 Å². The summed E-state index contributed by atoms with van der Waals surface area (Å²) in [5.74, 6) is -0.552. The second kappa shape index (κ2) is 4.13. The van der Waals surface area contributed by atoms with Crippen LogP contribution in [-0.4, -0.2) is 20.4 Å². The third-order valence-corrected chi connectivity index (χ3v) is 2.11. The van der Waals surface area contributed by atoms with Gasteiger partial charge in [-0.1, -0.05) is 0 Å². The summed E-state index contributed by atoms with van der Waals surface area (Å²) in [4.78, 5) is 0. The van der Waals surface area contributed by atoms with E-state index in [0.29, 0.717) is 0 Å². The molecule has 0 heterocycles. The van der Waals surface area contributed by atoms with Gasteiger partial charge in [0, 0.05) is 12.1 Å². The molecule has 0 aromatic heterocycles. The average molecular weight is 234 g/mol. The molecule has 2 rings (SSSR count). The van der Waals surface area contributed by atoms with E-state index in [4.69, 9.17) is 9.84 Å². The Morgan fingerprint density at radius 3 is 2.00 bits per heavy atom. The minimum Gasteiger partial charge on any atom is -0.508 e. The fraction of sp³-hybridized carbons (Fsp3) is 0. The molecule has 0 unspecified atom stereocenters. The van der Waals surface area contributed by atoms with Gasteiger partial charge in [0.15, 0.2) is 23.0 Å². The first kappa shape index (κ1) is 10.9. The highest BCUT2D eigenvalue weighted by Gasteiger charge is 2.09. The van der Waals surface area contributed by atoms with Crippen molar-refractivity contribution in [1.82, 2.24) is 0 Å². The zero-order chi connectivity index (χ0) is 12.4. The summed E-state index contributed by atoms with van der Waals surface area (Å²) in [6.45, 7) is 0. The van der Waals surface area contributed by atoms with Crippen molar-refractivity contribution < 1.29 is 25.2 Å². The van der Waals surface area contributed by atoms with E-state index in [0.717, 1.165) is 6.07 Å². The van der Waals surface area contributed by atoms with Crippen molar-refractivity contribution in [1.29, 1.82) is 0 Å². The van der Waals surface area contributed by atoms with Crippen LogP contribution in [0.15, 0.2) is 36.4 Å². The summed E-state index contributed by atoms with van der Waals surface area (Å²) < 4.78 is 5.20. The lowest BCUT2D eigenvalue weighted by atomic mass is 10.3. The van der Waals surface area contributed by atoms with Crippen LogP contribution in [-0.2, 0) is 0 Å². The molecule has 0 saturated carbocycles. The monoisotopic (exact) mass is 234 g/mol. The molecule has 0 radical (unpaired) electrons. The number of hydrogen-bond donors (Lipinski definition) is 4. The average Bonchev–Trinajstić information content (AvgIpc) is 2.27. The molecular formula is C12H10O5. The molecule has 88 valence electrons. The van der Waals surface area contributed by atoms with Gasteiger partial charge in [0.05, 0.1) is 0 Å². The fourth-order valence-corrected chi connectivity index (χ4v) is 1.30. The molecule has 0 aliphatic carbocycles. The topological polar surface area (TPSA) is 90.2 Å². The highest BCUT2D eigenvalue weighted by Crippen LogP contribution is 2.38. The lowest BCUT2D eigenvalue weighted by molar-refractivity contribution is 0.378. The Bertz CT molecular complexity index is 551. The Kier molecular flexibility index (Phi) is 2.66. The van der Waals surface area contributed by atoms with Crippen molar-refractivity contribution in [3.8, 4) is 34.5 Å². The lowest BCUT2D eigenvalue weighted by Crippen LogP contribution is -1.85. The van der Waals surface area contributed by atoms with Crippen LogP contribution in [0.3, 0.4) is 0 Å². The summed E-state index contributed by atoms with van der Waals surface area (Å²) >= 11 is 0. The summed E-state index contributed by atoms with van der Waals surface area (Å²) in [6, 6.07) is 7.56. The number of phenols is 4. The van der Waals surface area contributed by atoms with Crippen molar-refractivity contribution in [3.05, 3.63) is 36.4 Å². The minimum atomic E-state index is -0.271. The quantitative estimate of drug-likeness (QED) is 0.598. The molecule has 0 fully saturated rings. The zero-order valence-electron chi connectivity index (χ0n) is 8.66. The Hall–Kier alpha value is -2.56. The van der Waals surface area contributed by atoms with Gasteiger partial charge < -0.3 is 25.2 Å².